The first-order chi connectivity index (χ1) is 16.3. The van der Waals surface area contributed by atoms with Gasteiger partial charge in [0.05, 0.1) is 17.4 Å². The molecule has 0 bridgehead atoms. The molecule has 1 aliphatic rings. The second-order valence-electron chi connectivity index (χ2n) is 8.78. The van der Waals surface area contributed by atoms with Crippen LogP contribution in [0.3, 0.4) is 0 Å². The van der Waals surface area contributed by atoms with Gasteiger partial charge in [-0.25, -0.2) is 4.79 Å². The van der Waals surface area contributed by atoms with Gasteiger partial charge >= 0.3 is 6.03 Å². The molecule has 1 saturated heterocycles. The third-order valence-electron chi connectivity index (χ3n) is 4.97. The Labute approximate surface area is 207 Å². The summed E-state index contributed by atoms with van der Waals surface area (Å²) < 4.78 is 17.5. The molecule has 3 N–H and O–H groups in total. The summed E-state index contributed by atoms with van der Waals surface area (Å²) in [6, 6.07) is 15.1. The predicted molar refractivity (Wildman–Crippen MR) is 142 cm³/mol. The molecule has 0 saturated carbocycles. The van der Waals surface area contributed by atoms with Gasteiger partial charge < -0.3 is 25.6 Å². The van der Waals surface area contributed by atoms with Crippen molar-refractivity contribution in [2.24, 2.45) is 11.7 Å². The van der Waals surface area contributed by atoms with Crippen molar-refractivity contribution in [3.8, 4) is 5.75 Å². The number of nitrogens with zero attached hydrogens (tertiary/aromatic N) is 2. The van der Waals surface area contributed by atoms with E-state index < -0.39 is 10.8 Å². The Morgan fingerprint density at radius 1 is 1.03 bits per heavy atom. The fraction of sp³-hybridized carbons (Fsp3) is 0.500. The third kappa shape index (κ3) is 9.35. The predicted octanol–water partition coefficient (Wildman–Crippen LogP) is 4.56. The Balaban J connectivity index is 0.000000945. The van der Waals surface area contributed by atoms with Gasteiger partial charge in [-0.05, 0) is 67.8 Å². The van der Waals surface area contributed by atoms with Crippen LogP contribution in [0.1, 0.15) is 34.1 Å². The van der Waals surface area contributed by atoms with Gasteiger partial charge in [0.15, 0.2) is 0 Å². The smallest absolute Gasteiger partial charge is 0.321 e. The van der Waals surface area contributed by atoms with Crippen LogP contribution in [0, 0.1) is 5.92 Å². The van der Waals surface area contributed by atoms with E-state index in [9.17, 15) is 9.00 Å². The molecular formula is C26H40N4O3S. The number of carbonyl (C=O) groups is 1. The van der Waals surface area contributed by atoms with Crippen molar-refractivity contribution in [3.05, 3.63) is 48.5 Å². The van der Waals surface area contributed by atoms with Crippen molar-refractivity contribution < 1.29 is 13.7 Å². The van der Waals surface area contributed by atoms with Crippen molar-refractivity contribution in [1.29, 1.82) is 0 Å². The highest BCUT2D eigenvalue weighted by Crippen LogP contribution is 2.21. The minimum atomic E-state index is -1.10. The minimum absolute atomic E-state index is 0.112. The number of hydrogen-bond acceptors (Lipinski definition) is 5. The van der Waals surface area contributed by atoms with E-state index in [1.54, 1.807) is 24.3 Å². The number of benzene rings is 2. The molecule has 2 aromatic rings. The Morgan fingerprint density at radius 3 is 2.26 bits per heavy atom. The first-order valence-corrected chi connectivity index (χ1v) is 13.4. The minimum Gasteiger partial charge on any atom is -0.494 e. The number of urea groups is 1. The first-order valence-electron chi connectivity index (χ1n) is 12.1. The van der Waals surface area contributed by atoms with E-state index in [1.807, 2.05) is 24.0 Å². The number of ether oxygens (including phenoxy) is 1. The molecule has 34 heavy (non-hydrogen) atoms. The largest absolute Gasteiger partial charge is 0.494 e. The highest BCUT2D eigenvalue weighted by Gasteiger charge is 2.19. The molecule has 0 aromatic heterocycles. The maximum Gasteiger partial charge on any atom is 0.321 e. The lowest BCUT2D eigenvalue weighted by molar-refractivity contribution is 0.215. The standard InChI is InChI=1S/C22H30N4O3S.C4H10/c1-2-29-20-8-6-19(7-9-20)25-13-3-14-26(16-15-25)22(27)24-18-4-10-21(11-5-18)30(28)17-12-23;1-4(2)3/h4-11H,2-3,12-17,23H2,1H3,(H,24,27);4H,1-3H3. The van der Waals surface area contributed by atoms with E-state index in [1.165, 1.54) is 0 Å². The van der Waals surface area contributed by atoms with Crippen molar-refractivity contribution in [2.45, 2.75) is 39.0 Å². The van der Waals surface area contributed by atoms with Crippen LogP contribution in [0.25, 0.3) is 0 Å². The summed E-state index contributed by atoms with van der Waals surface area (Å²) in [4.78, 5) is 17.6. The Kier molecular flexibility index (Phi) is 11.9. The molecule has 0 radical (unpaired) electrons. The number of hydrogen-bond donors (Lipinski definition) is 2. The fourth-order valence-electron chi connectivity index (χ4n) is 3.42. The fourth-order valence-corrected chi connectivity index (χ4v) is 4.31. The van der Waals surface area contributed by atoms with Crippen LogP contribution in [0.2, 0.25) is 0 Å². The number of amides is 2. The topological polar surface area (TPSA) is 87.9 Å². The summed E-state index contributed by atoms with van der Waals surface area (Å²) in [6.45, 7) is 12.5. The van der Waals surface area contributed by atoms with Crippen molar-refractivity contribution in [3.63, 3.8) is 0 Å². The lowest BCUT2D eigenvalue weighted by atomic mass is 10.2. The molecule has 1 aliphatic heterocycles. The summed E-state index contributed by atoms with van der Waals surface area (Å²) in [7, 11) is -1.10. The molecule has 2 aromatic carbocycles. The molecule has 1 fully saturated rings. The summed E-state index contributed by atoms with van der Waals surface area (Å²) in [5.41, 5.74) is 7.30. The van der Waals surface area contributed by atoms with Gasteiger partial charge in [-0.3, -0.25) is 4.21 Å². The second kappa shape index (κ2) is 14.6. The van der Waals surface area contributed by atoms with Crippen molar-refractivity contribution in [1.82, 2.24) is 4.90 Å². The van der Waals surface area contributed by atoms with E-state index in [2.05, 4.69) is 43.1 Å². The maximum absolute atomic E-state index is 12.7. The van der Waals surface area contributed by atoms with Crippen LogP contribution >= 0.6 is 0 Å². The lowest BCUT2D eigenvalue weighted by Crippen LogP contribution is -2.38. The highest BCUT2D eigenvalue weighted by atomic mass is 32.2. The molecule has 188 valence electrons. The SMILES string of the molecule is CC(C)C.CCOc1ccc(N2CCCN(C(=O)Nc3ccc(S(=O)CCN)cc3)CC2)cc1. The van der Waals surface area contributed by atoms with Crippen LogP contribution in [0.5, 0.6) is 5.75 Å². The van der Waals surface area contributed by atoms with Gasteiger partial charge in [-0.2, -0.15) is 0 Å². The monoisotopic (exact) mass is 488 g/mol. The average molecular weight is 489 g/mol. The average Bonchev–Trinajstić information content (AvgIpc) is 3.07. The zero-order valence-corrected chi connectivity index (χ0v) is 21.8. The summed E-state index contributed by atoms with van der Waals surface area (Å²) in [5, 5.41) is 2.94. The van der Waals surface area contributed by atoms with Gasteiger partial charge in [0.1, 0.15) is 5.75 Å². The number of nitrogens with one attached hydrogen (secondary N) is 1. The van der Waals surface area contributed by atoms with E-state index in [-0.39, 0.29) is 6.03 Å². The van der Waals surface area contributed by atoms with Crippen molar-refractivity contribution >= 4 is 28.2 Å². The highest BCUT2D eigenvalue weighted by molar-refractivity contribution is 7.85. The maximum atomic E-state index is 12.7. The molecular weight excluding hydrogens is 448 g/mol. The second-order valence-corrected chi connectivity index (χ2v) is 10.4. The molecule has 8 heteroatoms. The molecule has 2 amide bonds. The van der Waals surface area contributed by atoms with Crippen LogP contribution in [-0.2, 0) is 10.8 Å². The number of rotatable bonds is 7. The third-order valence-corrected chi connectivity index (χ3v) is 6.37. The van der Waals surface area contributed by atoms with Crippen molar-refractivity contribution in [2.75, 3.05) is 55.3 Å². The number of nitrogens with two attached hydrogens (primary N) is 1. The first kappa shape index (κ1) is 27.7. The van der Waals surface area contributed by atoms with Crippen LogP contribution in [0.15, 0.2) is 53.4 Å². The van der Waals surface area contributed by atoms with Gasteiger partial charge in [-0.1, -0.05) is 20.8 Å². The molecule has 1 heterocycles. The molecule has 7 nitrogen and oxygen atoms in total. The lowest BCUT2D eigenvalue weighted by Gasteiger charge is -2.24. The molecule has 3 rings (SSSR count). The molecule has 0 spiro atoms. The van der Waals surface area contributed by atoms with Crippen LogP contribution in [-0.4, -0.2) is 60.2 Å². The van der Waals surface area contributed by atoms with E-state index in [0.717, 1.165) is 41.8 Å². The van der Waals surface area contributed by atoms with E-state index in [0.29, 0.717) is 37.7 Å². The van der Waals surface area contributed by atoms with E-state index in [4.69, 9.17) is 10.5 Å². The quantitative estimate of drug-likeness (QED) is 0.597. The summed E-state index contributed by atoms with van der Waals surface area (Å²) in [6.07, 6.45) is 0.900. The molecule has 1 atom stereocenters. The summed E-state index contributed by atoms with van der Waals surface area (Å²) in [5.74, 6) is 2.14. The molecule has 0 aliphatic carbocycles. The molecule has 1 unspecified atom stereocenters. The normalized spacial score (nSPS) is 14.6. The van der Waals surface area contributed by atoms with Gasteiger partial charge in [0, 0.05) is 54.7 Å². The van der Waals surface area contributed by atoms with E-state index >= 15 is 0 Å². The Hall–Kier alpha value is -2.58. The number of carbonyl (C=O) groups excluding carboxylic acids is 1. The van der Waals surface area contributed by atoms with Gasteiger partial charge in [0.25, 0.3) is 0 Å². The van der Waals surface area contributed by atoms with Gasteiger partial charge in [-0.15, -0.1) is 0 Å². The van der Waals surface area contributed by atoms with Crippen LogP contribution in [0.4, 0.5) is 16.2 Å². The zero-order valence-electron chi connectivity index (χ0n) is 21.0. The van der Waals surface area contributed by atoms with Gasteiger partial charge in [0.2, 0.25) is 0 Å². The van der Waals surface area contributed by atoms with Crippen LogP contribution < -0.4 is 20.7 Å². The summed E-state index contributed by atoms with van der Waals surface area (Å²) >= 11 is 0. The zero-order chi connectivity index (χ0) is 24.9. The Morgan fingerprint density at radius 2 is 1.68 bits per heavy atom. The number of anilines is 2. The Bertz CT molecular complexity index is 885.